The summed E-state index contributed by atoms with van der Waals surface area (Å²) in [5.74, 6) is -0.833. The third-order valence-corrected chi connectivity index (χ3v) is 9.52. The van der Waals surface area contributed by atoms with Crippen molar-refractivity contribution in [2.45, 2.75) is 23.6 Å². The molecule has 0 aliphatic carbocycles. The zero-order valence-electron chi connectivity index (χ0n) is 29.0. The summed E-state index contributed by atoms with van der Waals surface area (Å²) in [6.07, 6.45) is 0. The fraction of sp³-hybridized carbons (Fsp3) is 0.0625. The Morgan fingerprint density at radius 1 is 0.607 bits per heavy atom. The number of aryl methyl sites for hydroxylation is 2. The van der Waals surface area contributed by atoms with Crippen LogP contribution in [0.4, 0.5) is 22.7 Å². The van der Waals surface area contributed by atoms with Gasteiger partial charge in [-0.3, -0.25) is 9.59 Å². The number of benzene rings is 4. The Morgan fingerprint density at radius 2 is 0.946 bits per heavy atom. The van der Waals surface area contributed by atoms with Crippen LogP contribution in [-0.2, 0) is 36.8 Å². The van der Waals surface area contributed by atoms with E-state index in [0.717, 1.165) is 9.36 Å². The number of nitrogens with two attached hydrogens (primary N) is 2. The molecule has 0 aliphatic rings. The maximum Gasteiger partial charge on any atom is 1.00 e. The molecular weight excluding hydrogens is 869 g/mol. The van der Waals surface area contributed by atoms with Gasteiger partial charge < -0.3 is 29.8 Å². The summed E-state index contributed by atoms with van der Waals surface area (Å²) in [6, 6.07) is 19.2. The van der Waals surface area contributed by atoms with Crippen molar-refractivity contribution in [3.63, 3.8) is 0 Å². The molecule has 2 aromatic heterocycles. The molecule has 0 aliphatic heterocycles. The van der Waals surface area contributed by atoms with Gasteiger partial charge in [0.1, 0.15) is 21.2 Å². The topological polar surface area (TPSA) is 288 Å². The van der Waals surface area contributed by atoms with E-state index in [9.17, 15) is 36.6 Å². The normalized spacial score (nSPS) is 11.5. The second kappa shape index (κ2) is 18.7. The summed E-state index contributed by atoms with van der Waals surface area (Å²) in [4.78, 5) is 24.8. The van der Waals surface area contributed by atoms with Crippen molar-refractivity contribution in [3.8, 4) is 22.9 Å². The molecule has 0 unspecified atom stereocenters. The third kappa shape index (κ3) is 10.5. The Kier molecular flexibility index (Phi) is 15.4. The number of hydrogen-bond donors (Lipinski definition) is 2. The number of aromatic nitrogens is 4. The van der Waals surface area contributed by atoms with E-state index in [4.69, 9.17) is 33.5 Å². The van der Waals surface area contributed by atoms with Crippen LogP contribution in [-0.4, -0.2) is 26.2 Å². The summed E-state index contributed by atoms with van der Waals surface area (Å²) < 4.78 is 48.8. The molecule has 56 heavy (non-hydrogen) atoms. The Hall–Kier alpha value is -4.39. The van der Waals surface area contributed by atoms with Gasteiger partial charge in [0.2, 0.25) is 20.0 Å². The molecule has 4 N–H and O–H groups in total. The van der Waals surface area contributed by atoms with Gasteiger partial charge in [0.05, 0.1) is 22.7 Å². The molecule has 6 rings (SSSR count). The molecule has 0 atom stereocenters. The summed E-state index contributed by atoms with van der Waals surface area (Å²) in [7, 11) is -8.15. The maximum absolute atomic E-state index is 12.6. The van der Waals surface area contributed by atoms with E-state index in [0.29, 0.717) is 10.0 Å². The van der Waals surface area contributed by atoms with Crippen molar-refractivity contribution in [2.24, 2.45) is 30.7 Å². The van der Waals surface area contributed by atoms with E-state index in [2.05, 4.69) is 30.7 Å². The number of hydrogen-bond acceptors (Lipinski definition) is 12. The van der Waals surface area contributed by atoms with E-state index in [1.165, 1.54) is 98.8 Å². The molecule has 1 radical (unpaired) electrons. The van der Waals surface area contributed by atoms with Crippen molar-refractivity contribution in [1.29, 1.82) is 0 Å². The number of rotatable bonds is 8. The van der Waals surface area contributed by atoms with Gasteiger partial charge >= 0.3 is 29.6 Å². The first kappa shape index (κ1) is 46.0. The smallest absolute Gasteiger partial charge is 0.871 e. The van der Waals surface area contributed by atoms with Crippen LogP contribution >= 0.6 is 23.2 Å². The molecule has 0 saturated carbocycles. The standard InChI is InChI=1S/2C16H14ClN5O4S.Co.Na/c2*1-9-15(20-19-11-8-10(17)6-7-13(11)23)16(24)22(21-9)12-4-2-3-5-14(12)27(18,25)26;;/h2*2-8H,1H3,(H4,18,19,20,21,23,24,25,26);;/q;;;+1/p-4. The number of sulfonamides is 2. The van der Waals surface area contributed by atoms with Gasteiger partial charge in [-0.1, -0.05) is 84.9 Å². The van der Waals surface area contributed by atoms with Gasteiger partial charge in [0.25, 0.3) is 11.1 Å². The Bertz CT molecular complexity index is 2630. The zero-order chi connectivity index (χ0) is 39.5. The van der Waals surface area contributed by atoms with E-state index in [1.807, 2.05) is 0 Å². The monoisotopic (exact) mass is 892 g/mol. The number of halogens is 2. The molecule has 2 heterocycles. The van der Waals surface area contributed by atoms with E-state index < -0.39 is 42.7 Å². The van der Waals surface area contributed by atoms with E-state index in [-0.39, 0.29) is 102 Å². The van der Waals surface area contributed by atoms with Crippen molar-refractivity contribution < 1.29 is 73.4 Å². The second-order valence-electron chi connectivity index (χ2n) is 11.0. The first-order chi connectivity index (χ1) is 25.4. The second-order valence-corrected chi connectivity index (χ2v) is 14.9. The fourth-order valence-electron chi connectivity index (χ4n) is 4.64. The molecule has 18 nitrogen and oxygen atoms in total. The molecule has 0 bridgehead atoms. The van der Waals surface area contributed by atoms with Crippen LogP contribution in [0.5, 0.6) is 11.5 Å². The summed E-state index contributed by atoms with van der Waals surface area (Å²) in [5, 5.41) is 57.7. The Morgan fingerprint density at radius 3 is 1.29 bits per heavy atom. The predicted molar refractivity (Wildman–Crippen MR) is 193 cm³/mol. The molecule has 24 heteroatoms. The SMILES string of the molecule is Cc1[n-]n(-c2ccccc2S(N)(=O)=O)c(=O)c1N=Nc1cc(Cl)ccc1[O-].Cc1[n-]n(-c2ccccc2S(N)(=O)=O)c(=O)c1N=Nc1cc(Cl)ccc1[O-].[Co].[Na+]. The molecule has 289 valence electrons. The minimum absolute atomic E-state index is 0. The largest absolute Gasteiger partial charge is 1.00 e. The van der Waals surface area contributed by atoms with Crippen LogP contribution in [0, 0.1) is 13.8 Å². The molecule has 0 spiro atoms. The minimum Gasteiger partial charge on any atom is -0.871 e. The van der Waals surface area contributed by atoms with Crippen LogP contribution in [0.25, 0.3) is 11.4 Å². The third-order valence-electron chi connectivity index (χ3n) is 7.13. The Balaban J connectivity index is 0.000000290. The summed E-state index contributed by atoms with van der Waals surface area (Å²) in [5.41, 5.74) is -1.41. The molecule has 6 aromatic rings. The van der Waals surface area contributed by atoms with Gasteiger partial charge in [0.15, 0.2) is 0 Å². The van der Waals surface area contributed by atoms with Crippen LogP contribution in [0.1, 0.15) is 11.4 Å². The molecule has 0 amide bonds. The van der Waals surface area contributed by atoms with E-state index >= 15 is 0 Å². The van der Waals surface area contributed by atoms with Crippen LogP contribution in [0.15, 0.2) is 125 Å². The van der Waals surface area contributed by atoms with Crippen molar-refractivity contribution >= 4 is 66.0 Å². The average Bonchev–Trinajstić information content (AvgIpc) is 3.56. The minimum atomic E-state index is -4.08. The van der Waals surface area contributed by atoms with Gasteiger partial charge in [-0.25, -0.2) is 27.1 Å². The summed E-state index contributed by atoms with van der Waals surface area (Å²) in [6.45, 7) is 3.00. The predicted octanol–water partition coefficient (Wildman–Crippen LogP) is 0.787. The van der Waals surface area contributed by atoms with Crippen LogP contribution < -0.4 is 71.4 Å². The van der Waals surface area contributed by atoms with Crippen LogP contribution in [0.2, 0.25) is 10.0 Å². The zero-order valence-corrected chi connectivity index (χ0v) is 35.2. The van der Waals surface area contributed by atoms with Gasteiger partial charge in [-0.2, -0.15) is 10.2 Å². The van der Waals surface area contributed by atoms with Gasteiger partial charge in [-0.05, 0) is 48.5 Å². The van der Waals surface area contributed by atoms with Gasteiger partial charge in [0, 0.05) is 26.8 Å². The first-order valence-electron chi connectivity index (χ1n) is 14.9. The maximum atomic E-state index is 12.6. The van der Waals surface area contributed by atoms with E-state index in [1.54, 1.807) is 0 Å². The number of para-hydroxylation sites is 2. The van der Waals surface area contributed by atoms with Gasteiger partial charge in [-0.15, -0.1) is 21.6 Å². The fourth-order valence-corrected chi connectivity index (χ4v) is 6.40. The van der Waals surface area contributed by atoms with Crippen molar-refractivity contribution in [3.05, 3.63) is 127 Å². The summed E-state index contributed by atoms with van der Waals surface area (Å²) >= 11 is 11.6. The average molecular weight is 894 g/mol. The quantitative estimate of drug-likeness (QED) is 0.160. The number of azo groups is 2. The number of nitrogens with zero attached hydrogens (tertiary/aromatic N) is 8. The Labute approximate surface area is 360 Å². The first-order valence-corrected chi connectivity index (χ1v) is 18.8. The molecule has 0 saturated heterocycles. The molecular formula is C32H24Cl2CoN10NaO8S2-3. The van der Waals surface area contributed by atoms with Crippen LogP contribution in [0.3, 0.4) is 0 Å². The molecule has 0 fully saturated rings. The number of primary sulfonamides is 2. The molecule has 4 aromatic carbocycles. The van der Waals surface area contributed by atoms with Crippen molar-refractivity contribution in [1.82, 2.24) is 19.6 Å². The van der Waals surface area contributed by atoms with Crippen molar-refractivity contribution in [2.75, 3.05) is 0 Å².